The van der Waals surface area contributed by atoms with Crippen LogP contribution in [0.2, 0.25) is 0 Å². The van der Waals surface area contributed by atoms with Crippen molar-refractivity contribution in [3.8, 4) is 23.0 Å². The minimum Gasteiger partial charge on any atom is -0.494 e. The number of carbonyl (C=O) groups excluding carboxylic acids is 2. The first kappa shape index (κ1) is 23.3. The van der Waals surface area contributed by atoms with Crippen molar-refractivity contribution >= 4 is 18.1 Å². The van der Waals surface area contributed by atoms with Crippen molar-refractivity contribution in [2.75, 3.05) is 20.8 Å². The fraction of sp³-hybridized carbons (Fsp3) is 0.160. The first-order chi connectivity index (χ1) is 16.0. The topological polar surface area (TPSA) is 95.5 Å². The zero-order chi connectivity index (χ0) is 23.6. The van der Waals surface area contributed by atoms with E-state index in [9.17, 15) is 9.59 Å². The van der Waals surface area contributed by atoms with E-state index in [0.29, 0.717) is 46.3 Å². The largest absolute Gasteiger partial charge is 0.494 e. The van der Waals surface area contributed by atoms with Crippen molar-refractivity contribution in [2.45, 2.75) is 6.92 Å². The Morgan fingerprint density at radius 1 is 0.848 bits per heavy atom. The van der Waals surface area contributed by atoms with Crippen LogP contribution in [-0.4, -0.2) is 38.9 Å². The van der Waals surface area contributed by atoms with E-state index in [1.54, 1.807) is 66.7 Å². The molecular weight excluding hydrogens is 424 g/mol. The number of ether oxygens (including phenoxy) is 4. The standard InChI is InChI=1S/C25H24N2O6/c1-4-32-20-12-7-18(8-13-20)25(29)33-21-10-5-17(6-11-21)16-26-27-24(28)19-9-14-22(30-2)23(15-19)31-3/h5-16H,4H2,1-3H3,(H,27,28)/b26-16+. The summed E-state index contributed by atoms with van der Waals surface area (Å²) in [5.74, 6) is 1.19. The fourth-order valence-electron chi connectivity index (χ4n) is 2.85. The van der Waals surface area contributed by atoms with Gasteiger partial charge >= 0.3 is 5.97 Å². The second kappa shape index (κ2) is 11.3. The molecule has 0 unspecified atom stereocenters. The van der Waals surface area contributed by atoms with Gasteiger partial charge in [0.25, 0.3) is 5.91 Å². The maximum atomic E-state index is 12.3. The highest BCUT2D eigenvalue weighted by Crippen LogP contribution is 2.27. The average molecular weight is 448 g/mol. The minimum absolute atomic E-state index is 0.376. The van der Waals surface area contributed by atoms with Crippen LogP contribution in [0.4, 0.5) is 0 Å². The molecule has 8 heteroatoms. The zero-order valence-electron chi connectivity index (χ0n) is 18.5. The average Bonchev–Trinajstić information content (AvgIpc) is 2.85. The molecule has 3 aromatic rings. The summed E-state index contributed by atoms with van der Waals surface area (Å²) in [6.07, 6.45) is 1.48. The molecular formula is C25H24N2O6. The molecule has 0 spiro atoms. The third-order valence-electron chi connectivity index (χ3n) is 4.52. The minimum atomic E-state index is -0.471. The Morgan fingerprint density at radius 3 is 2.12 bits per heavy atom. The fourth-order valence-corrected chi connectivity index (χ4v) is 2.85. The molecule has 0 bridgehead atoms. The second-order valence-corrected chi connectivity index (χ2v) is 6.68. The molecule has 0 atom stereocenters. The monoisotopic (exact) mass is 448 g/mol. The molecule has 1 N–H and O–H groups in total. The Kier molecular flexibility index (Phi) is 8.02. The van der Waals surface area contributed by atoms with Crippen molar-refractivity contribution in [1.82, 2.24) is 5.43 Å². The first-order valence-corrected chi connectivity index (χ1v) is 10.1. The molecule has 0 heterocycles. The van der Waals surface area contributed by atoms with Crippen molar-refractivity contribution in [2.24, 2.45) is 5.10 Å². The second-order valence-electron chi connectivity index (χ2n) is 6.68. The van der Waals surface area contributed by atoms with Gasteiger partial charge in [0, 0.05) is 5.56 Å². The van der Waals surface area contributed by atoms with Gasteiger partial charge in [-0.1, -0.05) is 0 Å². The lowest BCUT2D eigenvalue weighted by Crippen LogP contribution is -2.17. The summed E-state index contributed by atoms with van der Waals surface area (Å²) in [7, 11) is 3.02. The van der Waals surface area contributed by atoms with E-state index < -0.39 is 11.9 Å². The molecule has 0 aliphatic carbocycles. The van der Waals surface area contributed by atoms with Crippen molar-refractivity contribution in [1.29, 1.82) is 0 Å². The maximum Gasteiger partial charge on any atom is 0.343 e. The molecule has 0 radical (unpaired) electrons. The predicted octanol–water partition coefficient (Wildman–Crippen LogP) is 4.09. The molecule has 8 nitrogen and oxygen atoms in total. The van der Waals surface area contributed by atoms with Gasteiger partial charge in [-0.25, -0.2) is 10.2 Å². The molecule has 0 aliphatic heterocycles. The van der Waals surface area contributed by atoms with Crippen molar-refractivity contribution < 1.29 is 28.5 Å². The summed E-state index contributed by atoms with van der Waals surface area (Å²) in [5.41, 5.74) is 3.96. The van der Waals surface area contributed by atoms with Crippen molar-refractivity contribution in [3.05, 3.63) is 83.4 Å². The number of nitrogens with zero attached hydrogens (tertiary/aromatic N) is 1. The van der Waals surface area contributed by atoms with Gasteiger partial charge in [0.2, 0.25) is 0 Å². The molecule has 0 fully saturated rings. The third kappa shape index (κ3) is 6.33. The molecule has 170 valence electrons. The van der Waals surface area contributed by atoms with Gasteiger partial charge in [-0.2, -0.15) is 5.10 Å². The van der Waals surface area contributed by atoms with Crippen LogP contribution in [0.5, 0.6) is 23.0 Å². The van der Waals surface area contributed by atoms with Crippen LogP contribution >= 0.6 is 0 Å². The third-order valence-corrected chi connectivity index (χ3v) is 4.52. The normalized spacial score (nSPS) is 10.5. The lowest BCUT2D eigenvalue weighted by Gasteiger charge is -2.08. The zero-order valence-corrected chi connectivity index (χ0v) is 18.5. The number of esters is 1. The smallest absolute Gasteiger partial charge is 0.343 e. The number of rotatable bonds is 9. The lowest BCUT2D eigenvalue weighted by molar-refractivity contribution is 0.0734. The van der Waals surface area contributed by atoms with Crippen LogP contribution < -0.4 is 24.4 Å². The van der Waals surface area contributed by atoms with E-state index in [4.69, 9.17) is 18.9 Å². The summed E-state index contributed by atoms with van der Waals surface area (Å²) in [5, 5.41) is 3.96. The maximum absolute atomic E-state index is 12.3. The van der Waals surface area contributed by atoms with E-state index in [2.05, 4.69) is 10.5 Å². The van der Waals surface area contributed by atoms with Gasteiger partial charge in [0.15, 0.2) is 11.5 Å². The van der Waals surface area contributed by atoms with Gasteiger partial charge in [-0.3, -0.25) is 4.79 Å². The van der Waals surface area contributed by atoms with Crippen LogP contribution in [0.1, 0.15) is 33.2 Å². The first-order valence-electron chi connectivity index (χ1n) is 10.1. The van der Waals surface area contributed by atoms with Gasteiger partial charge in [-0.15, -0.1) is 0 Å². The summed E-state index contributed by atoms with van der Waals surface area (Å²) in [4.78, 5) is 24.6. The van der Waals surface area contributed by atoms with Crippen LogP contribution in [0.3, 0.4) is 0 Å². The molecule has 0 aromatic heterocycles. The van der Waals surface area contributed by atoms with E-state index >= 15 is 0 Å². The van der Waals surface area contributed by atoms with Gasteiger partial charge in [-0.05, 0) is 79.2 Å². The summed E-state index contributed by atoms with van der Waals surface area (Å²) in [6, 6.07) is 18.3. The van der Waals surface area contributed by atoms with E-state index in [1.807, 2.05) is 6.92 Å². The van der Waals surface area contributed by atoms with E-state index in [0.717, 1.165) is 0 Å². The Morgan fingerprint density at radius 2 is 1.48 bits per heavy atom. The predicted molar refractivity (Wildman–Crippen MR) is 124 cm³/mol. The molecule has 0 aliphatic rings. The highest BCUT2D eigenvalue weighted by Gasteiger charge is 2.10. The van der Waals surface area contributed by atoms with Gasteiger partial charge in [0.05, 0.1) is 32.6 Å². The summed E-state index contributed by atoms with van der Waals surface area (Å²) in [6.45, 7) is 2.45. The summed E-state index contributed by atoms with van der Waals surface area (Å²) >= 11 is 0. The number of hydrogen-bond donors (Lipinski definition) is 1. The number of nitrogens with one attached hydrogen (secondary N) is 1. The molecule has 3 rings (SSSR count). The van der Waals surface area contributed by atoms with Crippen molar-refractivity contribution in [3.63, 3.8) is 0 Å². The van der Waals surface area contributed by atoms with Crippen LogP contribution in [0.25, 0.3) is 0 Å². The number of hydrazone groups is 1. The van der Waals surface area contributed by atoms with E-state index in [-0.39, 0.29) is 0 Å². The molecule has 33 heavy (non-hydrogen) atoms. The SMILES string of the molecule is CCOc1ccc(C(=O)Oc2ccc(/C=N/NC(=O)c3ccc(OC)c(OC)c3)cc2)cc1. The van der Waals surface area contributed by atoms with E-state index in [1.165, 1.54) is 20.4 Å². The number of benzene rings is 3. The van der Waals surface area contributed by atoms with Gasteiger partial charge < -0.3 is 18.9 Å². The van der Waals surface area contributed by atoms with Gasteiger partial charge in [0.1, 0.15) is 11.5 Å². The lowest BCUT2D eigenvalue weighted by atomic mass is 10.2. The van der Waals surface area contributed by atoms with Crippen LogP contribution in [0.15, 0.2) is 71.8 Å². The Bertz CT molecular complexity index is 1120. The number of carbonyl (C=O) groups is 2. The number of methoxy groups -OCH3 is 2. The highest BCUT2D eigenvalue weighted by molar-refractivity contribution is 5.95. The Balaban J connectivity index is 1.55. The number of hydrogen-bond acceptors (Lipinski definition) is 7. The highest BCUT2D eigenvalue weighted by atomic mass is 16.5. The Labute approximate surface area is 191 Å². The van der Waals surface area contributed by atoms with Crippen LogP contribution in [-0.2, 0) is 0 Å². The quantitative estimate of drug-likeness (QED) is 0.229. The molecule has 0 saturated carbocycles. The van der Waals surface area contributed by atoms with Crippen LogP contribution in [0, 0.1) is 0 Å². The molecule has 3 aromatic carbocycles. The molecule has 1 amide bonds. The molecule has 0 saturated heterocycles. The Hall–Kier alpha value is -4.33. The number of amides is 1. The summed E-state index contributed by atoms with van der Waals surface area (Å²) < 4.78 is 21.1.